The van der Waals surface area contributed by atoms with E-state index in [0.29, 0.717) is 41.5 Å². The molecule has 2 aromatic rings. The predicted octanol–water partition coefficient (Wildman–Crippen LogP) is 2.20. The van der Waals surface area contributed by atoms with E-state index >= 15 is 0 Å². The molecule has 1 heterocycles. The van der Waals surface area contributed by atoms with E-state index in [1.807, 2.05) is 6.07 Å². The zero-order valence-electron chi connectivity index (χ0n) is 11.3. The van der Waals surface area contributed by atoms with Crippen LogP contribution in [0.3, 0.4) is 0 Å². The van der Waals surface area contributed by atoms with Gasteiger partial charge in [0.15, 0.2) is 11.5 Å². The Morgan fingerprint density at radius 2 is 1.86 bits per heavy atom. The molecule has 0 fully saturated rings. The van der Waals surface area contributed by atoms with Crippen molar-refractivity contribution in [3.63, 3.8) is 0 Å². The van der Waals surface area contributed by atoms with Crippen LogP contribution in [0.1, 0.15) is 15.9 Å². The highest BCUT2D eigenvalue weighted by Crippen LogP contribution is 2.31. The van der Waals surface area contributed by atoms with Gasteiger partial charge in [0, 0.05) is 16.8 Å². The number of para-hydroxylation sites is 1. The van der Waals surface area contributed by atoms with Crippen molar-refractivity contribution >= 4 is 11.6 Å². The lowest BCUT2D eigenvalue weighted by atomic mass is 10.1. The molecule has 0 radical (unpaired) electrons. The lowest BCUT2D eigenvalue weighted by Gasteiger charge is -2.18. The van der Waals surface area contributed by atoms with Gasteiger partial charge in [-0.15, -0.1) is 0 Å². The van der Waals surface area contributed by atoms with Gasteiger partial charge in [-0.25, -0.2) is 0 Å². The average Bonchev–Trinajstić information content (AvgIpc) is 2.55. The van der Waals surface area contributed by atoms with E-state index in [4.69, 9.17) is 9.47 Å². The largest absolute Gasteiger partial charge is 0.486 e. The van der Waals surface area contributed by atoms with E-state index in [2.05, 4.69) is 5.32 Å². The molecule has 0 saturated carbocycles. The highest BCUT2D eigenvalue weighted by Gasteiger charge is 2.15. The Balaban J connectivity index is 1.82. The molecule has 5 heteroatoms. The van der Waals surface area contributed by atoms with Crippen molar-refractivity contribution in [1.29, 1.82) is 0 Å². The fraction of sp³-hybridized carbons (Fsp3) is 0.188. The lowest BCUT2D eigenvalue weighted by Crippen LogP contribution is -2.17. The molecule has 0 saturated heterocycles. The molecule has 0 unspecified atom stereocenters. The quantitative estimate of drug-likeness (QED) is 0.907. The molecule has 5 nitrogen and oxygen atoms in total. The second kappa shape index (κ2) is 5.85. The summed E-state index contributed by atoms with van der Waals surface area (Å²) in [5.74, 6) is 0.964. The van der Waals surface area contributed by atoms with E-state index in [1.54, 1.807) is 36.4 Å². The van der Waals surface area contributed by atoms with Crippen LogP contribution >= 0.6 is 0 Å². The van der Waals surface area contributed by atoms with Gasteiger partial charge in [0.05, 0.1) is 6.61 Å². The zero-order valence-corrected chi connectivity index (χ0v) is 11.3. The fourth-order valence-corrected chi connectivity index (χ4v) is 2.16. The number of anilines is 1. The number of aliphatic hydroxyl groups is 1. The molecular weight excluding hydrogens is 270 g/mol. The van der Waals surface area contributed by atoms with Crippen molar-refractivity contribution in [2.75, 3.05) is 18.5 Å². The number of ether oxygens (including phenoxy) is 2. The Hall–Kier alpha value is -2.53. The SMILES string of the molecule is O=C(Nc1ccccc1CO)c1ccc2c(c1)OCCO2. The van der Waals surface area contributed by atoms with Crippen LogP contribution in [-0.2, 0) is 6.61 Å². The van der Waals surface area contributed by atoms with Crippen LogP contribution in [0.25, 0.3) is 0 Å². The van der Waals surface area contributed by atoms with Gasteiger partial charge >= 0.3 is 0 Å². The van der Waals surface area contributed by atoms with Crippen LogP contribution < -0.4 is 14.8 Å². The summed E-state index contributed by atoms with van der Waals surface area (Å²) >= 11 is 0. The minimum Gasteiger partial charge on any atom is -0.486 e. The predicted molar refractivity (Wildman–Crippen MR) is 77.8 cm³/mol. The highest BCUT2D eigenvalue weighted by atomic mass is 16.6. The summed E-state index contributed by atoms with van der Waals surface area (Å²) in [6.45, 7) is 0.866. The van der Waals surface area contributed by atoms with Crippen molar-refractivity contribution in [1.82, 2.24) is 0 Å². The highest BCUT2D eigenvalue weighted by molar-refractivity contribution is 6.05. The van der Waals surface area contributed by atoms with E-state index in [1.165, 1.54) is 0 Å². The van der Waals surface area contributed by atoms with Gasteiger partial charge in [-0.2, -0.15) is 0 Å². The summed E-state index contributed by atoms with van der Waals surface area (Å²) in [5, 5.41) is 12.1. The molecule has 2 N–H and O–H groups in total. The minimum absolute atomic E-state index is 0.127. The summed E-state index contributed by atoms with van der Waals surface area (Å²) in [6.07, 6.45) is 0. The van der Waals surface area contributed by atoms with Gasteiger partial charge < -0.3 is 19.9 Å². The Morgan fingerprint density at radius 3 is 2.67 bits per heavy atom. The molecule has 0 spiro atoms. The average molecular weight is 285 g/mol. The maximum absolute atomic E-state index is 12.3. The molecule has 0 aliphatic carbocycles. The first kappa shape index (κ1) is 13.5. The number of hydrogen-bond acceptors (Lipinski definition) is 4. The fourth-order valence-electron chi connectivity index (χ4n) is 2.16. The first-order valence-electron chi connectivity index (χ1n) is 6.67. The Labute approximate surface area is 122 Å². The van der Waals surface area contributed by atoms with Crippen molar-refractivity contribution < 1.29 is 19.4 Å². The molecule has 0 bridgehead atoms. The van der Waals surface area contributed by atoms with Crippen LogP contribution in [0.5, 0.6) is 11.5 Å². The van der Waals surface area contributed by atoms with Crippen LogP contribution in [-0.4, -0.2) is 24.2 Å². The molecule has 0 atom stereocenters. The molecular formula is C16H15NO4. The van der Waals surface area contributed by atoms with Gasteiger partial charge in [-0.3, -0.25) is 4.79 Å². The molecule has 21 heavy (non-hydrogen) atoms. The third-order valence-corrected chi connectivity index (χ3v) is 3.24. The van der Waals surface area contributed by atoms with E-state index in [-0.39, 0.29) is 12.5 Å². The van der Waals surface area contributed by atoms with E-state index in [0.717, 1.165) is 0 Å². The number of hydrogen-bond donors (Lipinski definition) is 2. The Morgan fingerprint density at radius 1 is 1.10 bits per heavy atom. The second-order valence-corrected chi connectivity index (χ2v) is 4.63. The molecule has 1 aliphatic rings. The first-order valence-corrected chi connectivity index (χ1v) is 6.67. The number of rotatable bonds is 3. The summed E-state index contributed by atoms with van der Waals surface area (Å²) in [5.41, 5.74) is 1.75. The molecule has 0 aromatic heterocycles. The number of fused-ring (bicyclic) bond motifs is 1. The van der Waals surface area contributed by atoms with Gasteiger partial charge in [0.25, 0.3) is 5.91 Å². The summed E-state index contributed by atoms with van der Waals surface area (Å²) in [6, 6.07) is 12.2. The van der Waals surface area contributed by atoms with Crippen LogP contribution in [0.4, 0.5) is 5.69 Å². The first-order chi connectivity index (χ1) is 10.3. The number of amides is 1. The van der Waals surface area contributed by atoms with E-state index < -0.39 is 0 Å². The molecule has 2 aromatic carbocycles. The maximum atomic E-state index is 12.3. The normalized spacial score (nSPS) is 12.8. The number of nitrogens with one attached hydrogen (secondary N) is 1. The second-order valence-electron chi connectivity index (χ2n) is 4.63. The summed E-state index contributed by atoms with van der Waals surface area (Å²) < 4.78 is 10.9. The number of benzene rings is 2. The number of carbonyl (C=O) groups excluding carboxylic acids is 1. The van der Waals surface area contributed by atoms with Gasteiger partial charge in [-0.1, -0.05) is 18.2 Å². The topological polar surface area (TPSA) is 67.8 Å². The minimum atomic E-state index is -0.257. The van der Waals surface area contributed by atoms with Crippen molar-refractivity contribution in [2.24, 2.45) is 0 Å². The smallest absolute Gasteiger partial charge is 0.255 e. The summed E-state index contributed by atoms with van der Waals surface area (Å²) in [4.78, 5) is 12.3. The molecule has 1 aliphatic heterocycles. The van der Waals surface area contributed by atoms with Crippen molar-refractivity contribution in [3.05, 3.63) is 53.6 Å². The Bertz CT molecular complexity index is 669. The van der Waals surface area contributed by atoms with E-state index in [9.17, 15) is 9.90 Å². The lowest BCUT2D eigenvalue weighted by molar-refractivity contribution is 0.102. The maximum Gasteiger partial charge on any atom is 0.255 e. The summed E-state index contributed by atoms with van der Waals surface area (Å²) in [7, 11) is 0. The molecule has 3 rings (SSSR count). The molecule has 1 amide bonds. The number of aliphatic hydroxyl groups excluding tert-OH is 1. The standard InChI is InChI=1S/C16H15NO4/c18-10-12-3-1-2-4-13(12)17-16(19)11-5-6-14-15(9-11)21-8-7-20-14/h1-6,9,18H,7-8,10H2,(H,17,19). The number of carbonyl (C=O) groups is 1. The third kappa shape index (κ3) is 2.83. The van der Waals surface area contributed by atoms with Gasteiger partial charge in [-0.05, 0) is 24.3 Å². The van der Waals surface area contributed by atoms with Crippen LogP contribution in [0.15, 0.2) is 42.5 Å². The van der Waals surface area contributed by atoms with Gasteiger partial charge in [0.2, 0.25) is 0 Å². The van der Waals surface area contributed by atoms with Crippen molar-refractivity contribution in [2.45, 2.75) is 6.61 Å². The Kier molecular flexibility index (Phi) is 3.75. The third-order valence-electron chi connectivity index (χ3n) is 3.24. The van der Waals surface area contributed by atoms with Gasteiger partial charge in [0.1, 0.15) is 13.2 Å². The van der Waals surface area contributed by atoms with Crippen molar-refractivity contribution in [3.8, 4) is 11.5 Å². The van der Waals surface area contributed by atoms with Crippen LogP contribution in [0.2, 0.25) is 0 Å². The van der Waals surface area contributed by atoms with Crippen LogP contribution in [0, 0.1) is 0 Å². The zero-order chi connectivity index (χ0) is 14.7. The monoisotopic (exact) mass is 285 g/mol. The molecule has 108 valence electrons.